The van der Waals surface area contributed by atoms with E-state index in [1.54, 1.807) is 7.11 Å². The largest absolute Gasteiger partial charge is 0.385 e. The molecule has 0 aliphatic heterocycles. The lowest BCUT2D eigenvalue weighted by atomic mass is 10.2. The first-order chi connectivity index (χ1) is 8.44. The third-order valence-electron chi connectivity index (χ3n) is 2.33. The molecule has 0 aliphatic carbocycles. The Morgan fingerprint density at radius 1 is 1.28 bits per heavy atom. The van der Waals surface area contributed by atoms with Crippen LogP contribution in [-0.2, 0) is 9.47 Å². The van der Waals surface area contributed by atoms with Crippen LogP contribution in [0.3, 0.4) is 0 Å². The minimum atomic E-state index is -4.08. The first-order valence-electron chi connectivity index (χ1n) is 5.90. The van der Waals surface area contributed by atoms with Crippen LogP contribution < -0.4 is 5.32 Å². The second-order valence-corrected chi connectivity index (χ2v) is 3.97. The number of methoxy groups -OCH3 is 1. The molecular formula is C11H21F4NO2. The van der Waals surface area contributed by atoms with E-state index < -0.39 is 19.0 Å². The Morgan fingerprint density at radius 2 is 1.94 bits per heavy atom. The quantitative estimate of drug-likeness (QED) is 0.463. The molecule has 110 valence electrons. The minimum Gasteiger partial charge on any atom is -0.385 e. The van der Waals surface area contributed by atoms with Crippen molar-refractivity contribution in [3.05, 3.63) is 0 Å². The molecule has 1 N–H and O–H groups in total. The molecule has 0 fully saturated rings. The van der Waals surface area contributed by atoms with Crippen LogP contribution >= 0.6 is 0 Å². The van der Waals surface area contributed by atoms with E-state index in [0.717, 1.165) is 6.42 Å². The standard InChI is InChI=1S/C11H21F4NO2/c1-3-16-9(5-4-6-17-2)7-18-8-11(14,15)10(12)13/h9-10,16H,3-8H2,1-2H3. The van der Waals surface area contributed by atoms with E-state index in [1.165, 1.54) is 0 Å². The number of hydrogen-bond donors (Lipinski definition) is 1. The summed E-state index contributed by atoms with van der Waals surface area (Å²) in [4.78, 5) is 0. The highest BCUT2D eigenvalue weighted by Gasteiger charge is 2.41. The van der Waals surface area contributed by atoms with E-state index in [4.69, 9.17) is 4.74 Å². The molecule has 0 saturated heterocycles. The fourth-order valence-electron chi connectivity index (χ4n) is 1.41. The molecule has 0 bridgehead atoms. The second kappa shape index (κ2) is 9.52. The Balaban J connectivity index is 3.88. The number of alkyl halides is 4. The Hall–Kier alpha value is -0.400. The van der Waals surface area contributed by atoms with E-state index in [0.29, 0.717) is 19.6 Å². The summed E-state index contributed by atoms with van der Waals surface area (Å²) in [6.45, 7) is 1.83. The highest BCUT2D eigenvalue weighted by Crippen LogP contribution is 2.22. The number of hydrogen-bond acceptors (Lipinski definition) is 3. The second-order valence-electron chi connectivity index (χ2n) is 3.97. The van der Waals surface area contributed by atoms with Gasteiger partial charge in [-0.25, -0.2) is 8.78 Å². The number of nitrogens with one attached hydrogen (secondary N) is 1. The van der Waals surface area contributed by atoms with Crippen molar-refractivity contribution in [3.8, 4) is 0 Å². The molecule has 18 heavy (non-hydrogen) atoms. The smallest absolute Gasteiger partial charge is 0.330 e. The van der Waals surface area contributed by atoms with Crippen molar-refractivity contribution in [2.24, 2.45) is 0 Å². The van der Waals surface area contributed by atoms with Crippen molar-refractivity contribution in [1.82, 2.24) is 5.32 Å². The Bertz CT molecular complexity index is 205. The molecule has 1 unspecified atom stereocenters. The fraction of sp³-hybridized carbons (Fsp3) is 1.00. The van der Waals surface area contributed by atoms with Crippen LogP contribution in [-0.4, -0.2) is 51.9 Å². The van der Waals surface area contributed by atoms with E-state index >= 15 is 0 Å². The van der Waals surface area contributed by atoms with Crippen molar-refractivity contribution in [2.45, 2.75) is 38.2 Å². The molecule has 3 nitrogen and oxygen atoms in total. The highest BCUT2D eigenvalue weighted by molar-refractivity contribution is 4.70. The normalized spacial score (nSPS) is 14.2. The fourth-order valence-corrected chi connectivity index (χ4v) is 1.41. The van der Waals surface area contributed by atoms with Crippen molar-refractivity contribution >= 4 is 0 Å². The molecule has 0 aliphatic rings. The summed E-state index contributed by atoms with van der Waals surface area (Å²) >= 11 is 0. The van der Waals surface area contributed by atoms with E-state index in [2.05, 4.69) is 10.1 Å². The maximum absolute atomic E-state index is 12.6. The summed E-state index contributed by atoms with van der Waals surface area (Å²) < 4.78 is 58.4. The monoisotopic (exact) mass is 275 g/mol. The van der Waals surface area contributed by atoms with Gasteiger partial charge in [-0.05, 0) is 19.4 Å². The third-order valence-corrected chi connectivity index (χ3v) is 2.33. The van der Waals surface area contributed by atoms with E-state index in [-0.39, 0.29) is 12.6 Å². The van der Waals surface area contributed by atoms with Gasteiger partial charge in [0.15, 0.2) is 0 Å². The Morgan fingerprint density at radius 3 is 2.44 bits per heavy atom. The van der Waals surface area contributed by atoms with E-state index in [9.17, 15) is 17.6 Å². The zero-order valence-corrected chi connectivity index (χ0v) is 10.7. The predicted molar refractivity (Wildman–Crippen MR) is 60.3 cm³/mol. The molecular weight excluding hydrogens is 254 g/mol. The van der Waals surface area contributed by atoms with Gasteiger partial charge in [0.25, 0.3) is 0 Å². The average Bonchev–Trinajstić information content (AvgIpc) is 2.29. The van der Waals surface area contributed by atoms with Crippen molar-refractivity contribution in [1.29, 1.82) is 0 Å². The topological polar surface area (TPSA) is 30.5 Å². The third kappa shape index (κ3) is 7.84. The lowest BCUT2D eigenvalue weighted by Gasteiger charge is -2.20. The zero-order chi connectivity index (χ0) is 14.0. The molecule has 0 spiro atoms. The summed E-state index contributed by atoms with van der Waals surface area (Å²) in [6, 6.07) is -0.126. The molecule has 0 aromatic heterocycles. The summed E-state index contributed by atoms with van der Waals surface area (Å²) in [7, 11) is 1.57. The van der Waals surface area contributed by atoms with Crippen LogP contribution in [0.4, 0.5) is 17.6 Å². The van der Waals surface area contributed by atoms with Crippen molar-refractivity contribution in [2.75, 3.05) is 33.5 Å². The van der Waals surface area contributed by atoms with Gasteiger partial charge in [-0.1, -0.05) is 6.92 Å². The Kier molecular flexibility index (Phi) is 9.31. The molecule has 0 amide bonds. The van der Waals surface area contributed by atoms with Crippen LogP contribution in [0.2, 0.25) is 0 Å². The Labute approximate surface area is 105 Å². The maximum Gasteiger partial charge on any atom is 0.330 e. The van der Waals surface area contributed by atoms with Crippen LogP contribution in [0, 0.1) is 0 Å². The molecule has 0 aromatic rings. The average molecular weight is 275 g/mol. The van der Waals surface area contributed by atoms with Gasteiger partial charge in [0.05, 0.1) is 6.61 Å². The van der Waals surface area contributed by atoms with Gasteiger partial charge in [0, 0.05) is 19.8 Å². The maximum atomic E-state index is 12.6. The number of ether oxygens (including phenoxy) is 2. The summed E-state index contributed by atoms with van der Waals surface area (Å²) in [5, 5.41) is 3.04. The van der Waals surface area contributed by atoms with Gasteiger partial charge in [-0.15, -0.1) is 0 Å². The zero-order valence-electron chi connectivity index (χ0n) is 10.7. The lowest BCUT2D eigenvalue weighted by molar-refractivity contribution is -0.167. The van der Waals surface area contributed by atoms with Crippen LogP contribution in [0.1, 0.15) is 19.8 Å². The van der Waals surface area contributed by atoms with Gasteiger partial charge in [-0.3, -0.25) is 0 Å². The van der Waals surface area contributed by atoms with Gasteiger partial charge in [0.1, 0.15) is 6.61 Å². The highest BCUT2D eigenvalue weighted by atomic mass is 19.3. The van der Waals surface area contributed by atoms with Crippen LogP contribution in [0.5, 0.6) is 0 Å². The van der Waals surface area contributed by atoms with E-state index in [1.807, 2.05) is 6.92 Å². The lowest BCUT2D eigenvalue weighted by Crippen LogP contribution is -2.37. The first-order valence-corrected chi connectivity index (χ1v) is 5.90. The van der Waals surface area contributed by atoms with Crippen LogP contribution in [0.25, 0.3) is 0 Å². The molecule has 0 radical (unpaired) electrons. The summed E-state index contributed by atoms with van der Waals surface area (Å²) in [5.41, 5.74) is 0. The molecule has 0 rings (SSSR count). The predicted octanol–water partition coefficient (Wildman–Crippen LogP) is 2.31. The minimum absolute atomic E-state index is 0.0140. The van der Waals surface area contributed by atoms with Crippen molar-refractivity contribution < 1.29 is 27.0 Å². The number of halogens is 4. The first kappa shape index (κ1) is 17.6. The van der Waals surface area contributed by atoms with Gasteiger partial charge >= 0.3 is 12.3 Å². The van der Waals surface area contributed by atoms with Gasteiger partial charge in [0.2, 0.25) is 0 Å². The van der Waals surface area contributed by atoms with Crippen LogP contribution in [0.15, 0.2) is 0 Å². The summed E-state index contributed by atoms with van der Waals surface area (Å²) in [6.07, 6.45) is -2.26. The SMILES string of the molecule is CCNC(CCCOC)COCC(F)(F)C(F)F. The van der Waals surface area contributed by atoms with Gasteiger partial charge < -0.3 is 14.8 Å². The molecule has 0 heterocycles. The number of likely N-dealkylation sites (N-methyl/N-ethyl adjacent to an activating group) is 1. The molecule has 1 atom stereocenters. The summed E-state index contributed by atoms with van der Waals surface area (Å²) in [5.74, 6) is -4.08. The van der Waals surface area contributed by atoms with Gasteiger partial charge in [-0.2, -0.15) is 8.78 Å². The number of rotatable bonds is 11. The molecule has 7 heteroatoms. The molecule has 0 saturated carbocycles. The van der Waals surface area contributed by atoms with Crippen molar-refractivity contribution in [3.63, 3.8) is 0 Å². The molecule has 0 aromatic carbocycles.